The first-order chi connectivity index (χ1) is 17.4. The van der Waals surface area contributed by atoms with Crippen LogP contribution in [0.25, 0.3) is 0 Å². The van der Waals surface area contributed by atoms with Gasteiger partial charge in [0.05, 0.1) is 11.4 Å². The lowest BCUT2D eigenvalue weighted by atomic mass is 9.90. The van der Waals surface area contributed by atoms with Crippen LogP contribution in [0.4, 0.5) is 11.4 Å². The second-order valence-electron chi connectivity index (χ2n) is 11.5. The summed E-state index contributed by atoms with van der Waals surface area (Å²) in [5.74, 6) is 1.69. The lowest BCUT2D eigenvalue weighted by Crippen LogP contribution is -2.35. The van der Waals surface area contributed by atoms with Crippen LogP contribution < -0.4 is 10.2 Å². The third-order valence-electron chi connectivity index (χ3n) is 8.31. The standard InChI is InChI=1S/C33H47N3/c1-24(2)20-30(28-14-8-7-9-15-28)22-36(21-27-12-10-11-13-27)32-17-16-29-18-19-35(26(5)25(3)4)23-31(29)33(32)34-6/h7-9,14-17,25,27,30,34H,1,5,10-13,18-23H2,2-4,6H3/t30-/m1/s1. The van der Waals surface area contributed by atoms with Gasteiger partial charge in [0.25, 0.3) is 0 Å². The van der Waals surface area contributed by atoms with Crippen molar-refractivity contribution in [2.75, 3.05) is 36.9 Å². The second kappa shape index (κ2) is 12.0. The Morgan fingerprint density at radius 2 is 1.81 bits per heavy atom. The Hall–Kier alpha value is -2.68. The minimum Gasteiger partial charge on any atom is -0.386 e. The smallest absolute Gasteiger partial charge is 0.0628 e. The van der Waals surface area contributed by atoms with E-state index < -0.39 is 0 Å². The highest BCUT2D eigenvalue weighted by Crippen LogP contribution is 2.39. The van der Waals surface area contributed by atoms with E-state index in [2.05, 4.69) is 98.6 Å². The van der Waals surface area contributed by atoms with E-state index in [1.807, 2.05) is 0 Å². The average molecular weight is 486 g/mol. The number of benzene rings is 2. The van der Waals surface area contributed by atoms with Gasteiger partial charge in [-0.2, -0.15) is 0 Å². The van der Waals surface area contributed by atoms with Crippen LogP contribution >= 0.6 is 0 Å². The maximum absolute atomic E-state index is 4.42. The Bertz CT molecular complexity index is 1030. The summed E-state index contributed by atoms with van der Waals surface area (Å²) in [5.41, 5.74) is 9.54. The molecule has 0 aromatic heterocycles. The van der Waals surface area contributed by atoms with Crippen LogP contribution in [0, 0.1) is 11.8 Å². The van der Waals surface area contributed by atoms with Crippen LogP contribution in [0.5, 0.6) is 0 Å². The number of allylic oxidation sites excluding steroid dienone is 2. The number of nitrogens with zero attached hydrogens (tertiary/aromatic N) is 2. The molecule has 36 heavy (non-hydrogen) atoms. The fraction of sp³-hybridized carbons (Fsp3) is 0.515. The molecule has 0 saturated heterocycles. The molecule has 2 aromatic rings. The predicted molar refractivity (Wildman–Crippen MR) is 157 cm³/mol. The fourth-order valence-corrected chi connectivity index (χ4v) is 6.25. The second-order valence-corrected chi connectivity index (χ2v) is 11.5. The van der Waals surface area contributed by atoms with Crippen molar-refractivity contribution in [1.29, 1.82) is 0 Å². The van der Waals surface area contributed by atoms with Crippen LogP contribution in [-0.4, -0.2) is 31.6 Å². The molecule has 194 valence electrons. The first-order valence-corrected chi connectivity index (χ1v) is 14.1. The summed E-state index contributed by atoms with van der Waals surface area (Å²) in [6, 6.07) is 15.9. The van der Waals surface area contributed by atoms with Crippen molar-refractivity contribution >= 4 is 11.4 Å². The van der Waals surface area contributed by atoms with Gasteiger partial charge in [0.2, 0.25) is 0 Å². The predicted octanol–water partition coefficient (Wildman–Crippen LogP) is 8.00. The highest BCUT2D eigenvalue weighted by Gasteiger charge is 2.27. The third-order valence-corrected chi connectivity index (χ3v) is 8.31. The number of hydrogen-bond acceptors (Lipinski definition) is 3. The van der Waals surface area contributed by atoms with Gasteiger partial charge >= 0.3 is 0 Å². The quantitative estimate of drug-likeness (QED) is 0.325. The molecule has 3 heteroatoms. The lowest BCUT2D eigenvalue weighted by Gasteiger charge is -2.38. The van der Waals surface area contributed by atoms with E-state index in [1.165, 1.54) is 65.0 Å². The topological polar surface area (TPSA) is 18.5 Å². The Kier molecular flexibility index (Phi) is 8.82. The molecule has 1 atom stereocenters. The van der Waals surface area contributed by atoms with Gasteiger partial charge in [0, 0.05) is 44.8 Å². The molecule has 1 aliphatic carbocycles. The highest BCUT2D eigenvalue weighted by atomic mass is 15.2. The molecule has 0 unspecified atom stereocenters. The zero-order valence-electron chi connectivity index (χ0n) is 23.2. The first kappa shape index (κ1) is 26.4. The molecule has 4 rings (SSSR count). The Balaban J connectivity index is 1.70. The van der Waals surface area contributed by atoms with E-state index in [4.69, 9.17) is 0 Å². The van der Waals surface area contributed by atoms with E-state index >= 15 is 0 Å². The zero-order valence-corrected chi connectivity index (χ0v) is 23.2. The molecular formula is C33H47N3. The van der Waals surface area contributed by atoms with Crippen molar-refractivity contribution in [3.05, 3.63) is 83.6 Å². The Morgan fingerprint density at radius 1 is 1.08 bits per heavy atom. The van der Waals surface area contributed by atoms with Crippen molar-refractivity contribution in [2.24, 2.45) is 11.8 Å². The maximum Gasteiger partial charge on any atom is 0.0628 e. The van der Waals surface area contributed by atoms with Crippen LogP contribution in [0.3, 0.4) is 0 Å². The molecule has 2 aromatic carbocycles. The van der Waals surface area contributed by atoms with Crippen LogP contribution in [0.1, 0.15) is 75.5 Å². The summed E-state index contributed by atoms with van der Waals surface area (Å²) in [6.07, 6.45) is 7.57. The number of hydrogen-bond donors (Lipinski definition) is 1. The van der Waals surface area contributed by atoms with Crippen molar-refractivity contribution < 1.29 is 0 Å². The molecule has 1 saturated carbocycles. The van der Waals surface area contributed by atoms with Crippen molar-refractivity contribution in [1.82, 2.24) is 4.90 Å². The van der Waals surface area contributed by atoms with Gasteiger partial charge in [0.15, 0.2) is 0 Å². The number of nitrogens with one attached hydrogen (secondary N) is 1. The largest absolute Gasteiger partial charge is 0.386 e. The average Bonchev–Trinajstić information content (AvgIpc) is 3.39. The summed E-state index contributed by atoms with van der Waals surface area (Å²) >= 11 is 0. The molecule has 0 amide bonds. The molecule has 1 fully saturated rings. The number of rotatable bonds is 11. The maximum atomic E-state index is 4.42. The van der Waals surface area contributed by atoms with Crippen LogP contribution in [0.2, 0.25) is 0 Å². The molecule has 0 spiro atoms. The van der Waals surface area contributed by atoms with Crippen LogP contribution in [0.15, 0.2) is 66.9 Å². The number of anilines is 2. The van der Waals surface area contributed by atoms with Gasteiger partial charge in [-0.1, -0.05) is 75.2 Å². The Labute approximate surface area is 220 Å². The van der Waals surface area contributed by atoms with Gasteiger partial charge in [0.1, 0.15) is 0 Å². The fourth-order valence-electron chi connectivity index (χ4n) is 6.25. The van der Waals surface area contributed by atoms with E-state index in [-0.39, 0.29) is 0 Å². The van der Waals surface area contributed by atoms with Crippen molar-refractivity contribution in [3.8, 4) is 0 Å². The zero-order chi connectivity index (χ0) is 25.7. The number of fused-ring (bicyclic) bond motifs is 1. The third kappa shape index (κ3) is 6.17. The molecule has 2 aliphatic rings. The normalized spacial score (nSPS) is 16.6. The molecule has 1 N–H and O–H groups in total. The highest BCUT2D eigenvalue weighted by molar-refractivity contribution is 5.75. The monoisotopic (exact) mass is 485 g/mol. The van der Waals surface area contributed by atoms with Gasteiger partial charge in [-0.05, 0) is 67.2 Å². The first-order valence-electron chi connectivity index (χ1n) is 14.1. The molecule has 1 heterocycles. The van der Waals surface area contributed by atoms with Crippen molar-refractivity contribution in [3.63, 3.8) is 0 Å². The molecular weight excluding hydrogens is 438 g/mol. The Morgan fingerprint density at radius 3 is 2.44 bits per heavy atom. The minimum absolute atomic E-state index is 0.433. The van der Waals surface area contributed by atoms with Crippen molar-refractivity contribution in [2.45, 2.75) is 71.8 Å². The SMILES string of the molecule is C=C(C)C[C@H](CN(CC1CCCC1)c1ccc2c(c1NC)CN(C(=C)C(C)C)CC2)c1ccccc1. The van der Waals surface area contributed by atoms with Gasteiger partial charge in [-0.3, -0.25) is 0 Å². The molecule has 1 aliphatic heterocycles. The minimum atomic E-state index is 0.433. The molecule has 3 nitrogen and oxygen atoms in total. The summed E-state index contributed by atoms with van der Waals surface area (Å²) in [7, 11) is 2.10. The van der Waals surface area contributed by atoms with E-state index in [0.29, 0.717) is 11.8 Å². The molecule has 0 radical (unpaired) electrons. The summed E-state index contributed by atoms with van der Waals surface area (Å²) in [5, 5.41) is 3.66. The van der Waals surface area contributed by atoms with Crippen LogP contribution in [-0.2, 0) is 13.0 Å². The van der Waals surface area contributed by atoms with E-state index in [1.54, 1.807) is 0 Å². The summed E-state index contributed by atoms with van der Waals surface area (Å²) in [6.45, 7) is 19.5. The van der Waals surface area contributed by atoms with Gasteiger partial charge < -0.3 is 15.1 Å². The molecule has 0 bridgehead atoms. The van der Waals surface area contributed by atoms with Gasteiger partial charge in [-0.15, -0.1) is 6.58 Å². The van der Waals surface area contributed by atoms with E-state index in [9.17, 15) is 0 Å². The summed E-state index contributed by atoms with van der Waals surface area (Å²) in [4.78, 5) is 5.20. The van der Waals surface area contributed by atoms with Gasteiger partial charge in [-0.25, -0.2) is 0 Å². The lowest BCUT2D eigenvalue weighted by molar-refractivity contribution is 0.295. The summed E-state index contributed by atoms with van der Waals surface area (Å²) < 4.78 is 0. The van der Waals surface area contributed by atoms with E-state index in [0.717, 1.165) is 44.9 Å².